The van der Waals surface area contributed by atoms with Gasteiger partial charge in [-0.2, -0.15) is 0 Å². The number of hydrogen-bond donors (Lipinski definition) is 1. The topological polar surface area (TPSA) is 108 Å². The number of nitrogens with zero attached hydrogens (tertiary/aromatic N) is 1. The summed E-state index contributed by atoms with van der Waals surface area (Å²) >= 11 is 0. The van der Waals surface area contributed by atoms with Gasteiger partial charge in [0.1, 0.15) is 12.3 Å². The summed E-state index contributed by atoms with van der Waals surface area (Å²) in [4.78, 5) is 40.8. The molecule has 0 fully saturated rings. The summed E-state index contributed by atoms with van der Waals surface area (Å²) in [6.45, 7) is -0.794. The van der Waals surface area contributed by atoms with Crippen molar-refractivity contribution in [1.29, 1.82) is 0 Å². The number of methoxy groups -OCH3 is 1. The van der Waals surface area contributed by atoms with Crippen LogP contribution in [0.1, 0.15) is 33.8 Å². The van der Waals surface area contributed by atoms with Crippen molar-refractivity contribution in [2.24, 2.45) is 0 Å². The fourth-order valence-electron chi connectivity index (χ4n) is 3.55. The molecule has 2 heterocycles. The van der Waals surface area contributed by atoms with Crippen LogP contribution in [0.2, 0.25) is 0 Å². The number of allylic oxidation sites excluding steroid dienone is 1. The van der Waals surface area contributed by atoms with Crippen LogP contribution >= 0.6 is 0 Å². The van der Waals surface area contributed by atoms with Gasteiger partial charge in [0.05, 0.1) is 30.1 Å². The molecule has 1 aliphatic rings. The molecule has 0 aliphatic heterocycles. The van der Waals surface area contributed by atoms with Crippen LogP contribution in [0.5, 0.6) is 0 Å². The van der Waals surface area contributed by atoms with E-state index in [9.17, 15) is 14.4 Å². The van der Waals surface area contributed by atoms with Crippen molar-refractivity contribution in [3.05, 3.63) is 65.2 Å². The van der Waals surface area contributed by atoms with E-state index in [4.69, 9.17) is 14.1 Å². The third-order valence-electron chi connectivity index (χ3n) is 5.00. The van der Waals surface area contributed by atoms with Gasteiger partial charge in [0.2, 0.25) is 0 Å². The summed E-state index contributed by atoms with van der Waals surface area (Å²) in [6, 6.07) is 11.0. The van der Waals surface area contributed by atoms with Gasteiger partial charge in [0, 0.05) is 5.39 Å². The number of ether oxygens (including phenoxy) is 2. The summed E-state index contributed by atoms with van der Waals surface area (Å²) in [5, 5.41) is 3.01. The number of carbonyl (C=O) groups excluding carboxylic acids is 3. The summed E-state index contributed by atoms with van der Waals surface area (Å²) < 4.78 is 15.1. The molecule has 31 heavy (non-hydrogen) atoms. The Bertz CT molecular complexity index is 1180. The van der Waals surface area contributed by atoms with Gasteiger partial charge in [-0.05, 0) is 48.3 Å². The van der Waals surface area contributed by atoms with Crippen LogP contribution < -0.4 is 5.32 Å². The summed E-state index contributed by atoms with van der Waals surface area (Å²) in [5.41, 5.74) is 3.56. The smallest absolute Gasteiger partial charge is 0.339 e. The number of amides is 1. The highest BCUT2D eigenvalue weighted by Gasteiger charge is 2.28. The number of pyridine rings is 1. The second-order valence-electron chi connectivity index (χ2n) is 6.95. The molecule has 1 aliphatic carbocycles. The highest BCUT2D eigenvalue weighted by atomic mass is 16.5. The zero-order valence-corrected chi connectivity index (χ0v) is 16.8. The Morgan fingerprint density at radius 3 is 2.77 bits per heavy atom. The molecule has 8 heteroatoms. The minimum absolute atomic E-state index is 0.290. The Kier molecular flexibility index (Phi) is 5.79. The lowest BCUT2D eigenvalue weighted by molar-refractivity contribution is -0.141. The number of nitrogens with one attached hydrogen (secondary N) is 1. The molecule has 0 saturated carbocycles. The second kappa shape index (κ2) is 8.83. The maximum atomic E-state index is 13.0. The monoisotopic (exact) mass is 420 g/mol. The Morgan fingerprint density at radius 2 is 2.00 bits per heavy atom. The molecule has 0 unspecified atom stereocenters. The quantitative estimate of drug-likeness (QED) is 0.611. The fourth-order valence-corrected chi connectivity index (χ4v) is 3.55. The van der Waals surface area contributed by atoms with Crippen molar-refractivity contribution in [2.45, 2.75) is 12.8 Å². The highest BCUT2D eigenvalue weighted by Crippen LogP contribution is 2.37. The molecule has 1 N–H and O–H groups in total. The molecule has 2 aromatic heterocycles. The number of hydrogen-bond acceptors (Lipinski definition) is 7. The Labute approximate surface area is 177 Å². The van der Waals surface area contributed by atoms with Crippen molar-refractivity contribution in [2.75, 3.05) is 20.3 Å². The molecule has 1 amide bonds. The number of para-hydroxylation sites is 1. The normalized spacial score (nSPS) is 13.8. The lowest BCUT2D eigenvalue weighted by Crippen LogP contribution is -2.33. The van der Waals surface area contributed by atoms with Crippen LogP contribution in [0.15, 0.2) is 47.1 Å². The zero-order valence-electron chi connectivity index (χ0n) is 16.8. The van der Waals surface area contributed by atoms with E-state index in [0.717, 1.165) is 16.8 Å². The van der Waals surface area contributed by atoms with Crippen LogP contribution in [0.3, 0.4) is 0 Å². The first-order valence-electron chi connectivity index (χ1n) is 9.73. The predicted octanol–water partition coefficient (Wildman–Crippen LogP) is 2.76. The van der Waals surface area contributed by atoms with E-state index < -0.39 is 24.5 Å². The first kappa shape index (κ1) is 20.3. The largest absolute Gasteiger partial charge is 0.468 e. The van der Waals surface area contributed by atoms with Crippen molar-refractivity contribution in [1.82, 2.24) is 10.3 Å². The minimum Gasteiger partial charge on any atom is -0.468 e. The molecule has 4 rings (SSSR count). The first-order chi connectivity index (χ1) is 15.1. The lowest BCUT2D eigenvalue weighted by Gasteiger charge is -2.12. The Balaban J connectivity index is 1.62. The predicted molar refractivity (Wildman–Crippen MR) is 112 cm³/mol. The number of aromatic nitrogens is 1. The van der Waals surface area contributed by atoms with Gasteiger partial charge < -0.3 is 19.2 Å². The molecular formula is C23H20N2O6. The van der Waals surface area contributed by atoms with E-state index in [1.165, 1.54) is 7.11 Å². The van der Waals surface area contributed by atoms with Gasteiger partial charge >= 0.3 is 11.9 Å². The maximum absolute atomic E-state index is 13.0. The third kappa shape index (κ3) is 4.32. The average Bonchev–Trinajstić information content (AvgIpc) is 3.44. The lowest BCUT2D eigenvalue weighted by atomic mass is 10.0. The molecular weight excluding hydrogens is 400 g/mol. The van der Waals surface area contributed by atoms with Crippen LogP contribution in [0.4, 0.5) is 0 Å². The van der Waals surface area contributed by atoms with Gasteiger partial charge in [0.25, 0.3) is 5.91 Å². The van der Waals surface area contributed by atoms with E-state index in [0.29, 0.717) is 35.1 Å². The average molecular weight is 420 g/mol. The Morgan fingerprint density at radius 1 is 1.16 bits per heavy atom. The van der Waals surface area contributed by atoms with Gasteiger partial charge in [-0.3, -0.25) is 9.59 Å². The van der Waals surface area contributed by atoms with Crippen molar-refractivity contribution >= 4 is 40.4 Å². The van der Waals surface area contributed by atoms with Crippen LogP contribution in [-0.2, 0) is 25.5 Å². The van der Waals surface area contributed by atoms with Crippen molar-refractivity contribution in [3.63, 3.8) is 0 Å². The minimum atomic E-state index is -0.609. The van der Waals surface area contributed by atoms with E-state index in [1.807, 2.05) is 42.5 Å². The van der Waals surface area contributed by atoms with Gasteiger partial charge in [-0.1, -0.05) is 18.2 Å². The standard InChI is InChI=1S/C23H20N2O6/c1-29-20(27)12-24-19(26)13-31-23(28)21-16-6-2-3-7-18(16)25-22-14(8-9-17(21)22)11-15-5-4-10-30-15/h2-7,10-11H,8-9,12-13H2,1H3,(H,24,26). The summed E-state index contributed by atoms with van der Waals surface area (Å²) in [6.07, 6.45) is 4.85. The molecule has 0 bridgehead atoms. The Hall–Kier alpha value is -3.94. The molecule has 0 saturated heterocycles. The molecule has 8 nitrogen and oxygen atoms in total. The van der Waals surface area contributed by atoms with Crippen molar-refractivity contribution in [3.8, 4) is 0 Å². The van der Waals surface area contributed by atoms with Gasteiger partial charge in [-0.15, -0.1) is 0 Å². The third-order valence-corrected chi connectivity index (χ3v) is 5.00. The molecule has 158 valence electrons. The summed E-state index contributed by atoms with van der Waals surface area (Å²) in [7, 11) is 1.22. The van der Waals surface area contributed by atoms with E-state index in [-0.39, 0.29) is 6.54 Å². The van der Waals surface area contributed by atoms with E-state index in [1.54, 1.807) is 6.26 Å². The van der Waals surface area contributed by atoms with E-state index >= 15 is 0 Å². The fraction of sp³-hybridized carbons (Fsp3) is 0.217. The first-order valence-corrected chi connectivity index (χ1v) is 9.73. The number of benzene rings is 1. The number of carbonyl (C=O) groups is 3. The molecule has 0 atom stereocenters. The summed E-state index contributed by atoms with van der Waals surface area (Å²) in [5.74, 6) is -1.08. The van der Waals surface area contributed by atoms with Crippen LogP contribution in [0.25, 0.3) is 22.6 Å². The maximum Gasteiger partial charge on any atom is 0.339 e. The number of fused-ring (bicyclic) bond motifs is 2. The second-order valence-corrected chi connectivity index (χ2v) is 6.95. The van der Waals surface area contributed by atoms with Crippen molar-refractivity contribution < 1.29 is 28.3 Å². The molecule has 0 spiro atoms. The van der Waals surface area contributed by atoms with Crippen LogP contribution in [0, 0.1) is 0 Å². The molecule has 3 aromatic rings. The van der Waals surface area contributed by atoms with Crippen LogP contribution in [-0.4, -0.2) is 43.1 Å². The number of esters is 2. The SMILES string of the molecule is COC(=O)CNC(=O)COC(=O)c1c2c(nc3ccccc13)C(=Cc1ccco1)CC2. The number of rotatable bonds is 6. The zero-order chi connectivity index (χ0) is 21.8. The van der Waals surface area contributed by atoms with E-state index in [2.05, 4.69) is 10.1 Å². The van der Waals surface area contributed by atoms with Gasteiger partial charge in [-0.25, -0.2) is 9.78 Å². The van der Waals surface area contributed by atoms with Gasteiger partial charge in [0.15, 0.2) is 6.61 Å². The highest BCUT2D eigenvalue weighted by molar-refractivity contribution is 6.07. The molecule has 1 aromatic carbocycles. The molecule has 0 radical (unpaired) electrons. The number of furan rings is 1.